The van der Waals surface area contributed by atoms with Crippen LogP contribution in [0, 0.1) is 13.8 Å². The van der Waals surface area contributed by atoms with Crippen molar-refractivity contribution in [1.29, 1.82) is 0 Å². The second-order valence-corrected chi connectivity index (χ2v) is 7.40. The molecule has 1 N–H and O–H groups in total. The third-order valence-electron chi connectivity index (χ3n) is 5.13. The second-order valence-electron chi connectivity index (χ2n) is 7.40. The van der Waals surface area contributed by atoms with E-state index >= 15 is 0 Å². The molecule has 29 heavy (non-hydrogen) atoms. The van der Waals surface area contributed by atoms with Crippen LogP contribution in [0.15, 0.2) is 60.9 Å². The molecule has 2 aromatic carbocycles. The monoisotopic (exact) mass is 387 g/mol. The predicted molar refractivity (Wildman–Crippen MR) is 117 cm³/mol. The van der Waals surface area contributed by atoms with Crippen molar-refractivity contribution in [3.63, 3.8) is 0 Å². The zero-order chi connectivity index (χ0) is 20.2. The Morgan fingerprint density at radius 2 is 1.55 bits per heavy atom. The number of piperazine rings is 1. The van der Waals surface area contributed by atoms with E-state index in [1.165, 1.54) is 17.6 Å². The number of nitrogens with zero attached hydrogens (tertiary/aromatic N) is 4. The Bertz CT molecular complexity index is 1010. The quantitative estimate of drug-likeness (QED) is 0.740. The zero-order valence-electron chi connectivity index (χ0n) is 16.8. The van der Waals surface area contributed by atoms with E-state index in [-0.39, 0.29) is 5.91 Å². The fourth-order valence-electron chi connectivity index (χ4n) is 3.58. The fraction of sp³-hybridized carbons (Fsp3) is 0.261. The summed E-state index contributed by atoms with van der Waals surface area (Å²) in [5, 5.41) is 2.91. The highest BCUT2D eigenvalue weighted by atomic mass is 16.1. The molecule has 0 saturated carbocycles. The first-order valence-corrected chi connectivity index (χ1v) is 9.85. The van der Waals surface area contributed by atoms with Crippen LogP contribution in [-0.2, 0) is 0 Å². The van der Waals surface area contributed by atoms with E-state index in [1.807, 2.05) is 31.2 Å². The number of nitrogens with one attached hydrogen (secondary N) is 1. The Hall–Kier alpha value is -3.41. The molecule has 1 fully saturated rings. The van der Waals surface area contributed by atoms with Gasteiger partial charge in [0.1, 0.15) is 17.8 Å². The third kappa shape index (κ3) is 4.54. The van der Waals surface area contributed by atoms with Crippen LogP contribution in [0.25, 0.3) is 0 Å². The van der Waals surface area contributed by atoms with Gasteiger partial charge in [0.2, 0.25) is 0 Å². The van der Waals surface area contributed by atoms with Crippen molar-refractivity contribution in [1.82, 2.24) is 9.97 Å². The minimum Gasteiger partial charge on any atom is -0.368 e. The van der Waals surface area contributed by atoms with Crippen LogP contribution in [0.5, 0.6) is 0 Å². The molecule has 0 unspecified atom stereocenters. The summed E-state index contributed by atoms with van der Waals surface area (Å²) in [6.45, 7) is 7.64. The molecule has 0 bridgehead atoms. The normalized spacial score (nSPS) is 14.0. The molecular formula is C23H25N5O. The van der Waals surface area contributed by atoms with Gasteiger partial charge in [0, 0.05) is 43.6 Å². The molecule has 0 aliphatic carbocycles. The van der Waals surface area contributed by atoms with E-state index < -0.39 is 0 Å². The molecule has 1 aliphatic rings. The number of amides is 1. The number of aryl methyl sites for hydroxylation is 2. The maximum atomic E-state index is 12.6. The number of carbonyl (C=O) groups is 1. The Morgan fingerprint density at radius 1 is 0.862 bits per heavy atom. The van der Waals surface area contributed by atoms with Crippen LogP contribution in [0.2, 0.25) is 0 Å². The lowest BCUT2D eigenvalue weighted by Crippen LogP contribution is -2.47. The minimum absolute atomic E-state index is 0.224. The number of hydrogen-bond donors (Lipinski definition) is 1. The molecule has 0 atom stereocenters. The van der Waals surface area contributed by atoms with Crippen molar-refractivity contribution in [2.45, 2.75) is 13.8 Å². The Labute approximate surface area is 171 Å². The number of hydrogen-bond acceptors (Lipinski definition) is 5. The molecule has 148 valence electrons. The van der Waals surface area contributed by atoms with Gasteiger partial charge in [-0.1, -0.05) is 24.3 Å². The van der Waals surface area contributed by atoms with Gasteiger partial charge in [0.25, 0.3) is 5.91 Å². The molecule has 6 heteroatoms. The van der Waals surface area contributed by atoms with E-state index in [1.54, 1.807) is 6.07 Å². The Balaban J connectivity index is 1.42. The van der Waals surface area contributed by atoms with Crippen LogP contribution in [0.3, 0.4) is 0 Å². The van der Waals surface area contributed by atoms with Crippen LogP contribution in [0.1, 0.15) is 21.6 Å². The average molecular weight is 387 g/mol. The maximum Gasteiger partial charge on any atom is 0.274 e. The highest BCUT2D eigenvalue weighted by molar-refractivity contribution is 6.03. The SMILES string of the molecule is Cc1cccc(NC(=O)c2cc(N3CCN(c4cccc(C)c4)CC3)ncn2)c1. The Morgan fingerprint density at radius 3 is 2.28 bits per heavy atom. The fourth-order valence-corrected chi connectivity index (χ4v) is 3.58. The molecule has 3 aromatic rings. The molecular weight excluding hydrogens is 362 g/mol. The van der Waals surface area contributed by atoms with Gasteiger partial charge >= 0.3 is 0 Å². The summed E-state index contributed by atoms with van der Waals surface area (Å²) in [4.78, 5) is 25.8. The first-order valence-electron chi connectivity index (χ1n) is 9.85. The highest BCUT2D eigenvalue weighted by Crippen LogP contribution is 2.20. The van der Waals surface area contributed by atoms with Gasteiger partial charge in [-0.2, -0.15) is 0 Å². The maximum absolute atomic E-state index is 12.6. The predicted octanol–water partition coefficient (Wildman–Crippen LogP) is 3.67. The first kappa shape index (κ1) is 18.9. The topological polar surface area (TPSA) is 61.4 Å². The van der Waals surface area contributed by atoms with Gasteiger partial charge in [0.15, 0.2) is 0 Å². The smallest absolute Gasteiger partial charge is 0.274 e. The van der Waals surface area contributed by atoms with E-state index in [4.69, 9.17) is 0 Å². The molecule has 1 saturated heterocycles. The lowest BCUT2D eigenvalue weighted by atomic mass is 10.2. The lowest BCUT2D eigenvalue weighted by molar-refractivity contribution is 0.102. The first-order chi connectivity index (χ1) is 14.1. The van der Waals surface area contributed by atoms with Crippen molar-refractivity contribution in [2.75, 3.05) is 41.3 Å². The summed E-state index contributed by atoms with van der Waals surface area (Å²) in [6.07, 6.45) is 1.47. The highest BCUT2D eigenvalue weighted by Gasteiger charge is 2.20. The summed E-state index contributed by atoms with van der Waals surface area (Å²) in [7, 11) is 0. The average Bonchev–Trinajstić information content (AvgIpc) is 2.74. The molecule has 1 aromatic heterocycles. The number of aromatic nitrogens is 2. The van der Waals surface area contributed by atoms with Gasteiger partial charge in [-0.15, -0.1) is 0 Å². The van der Waals surface area contributed by atoms with Crippen molar-refractivity contribution in [3.8, 4) is 0 Å². The number of carbonyl (C=O) groups excluding carboxylic acids is 1. The van der Waals surface area contributed by atoms with Crippen LogP contribution in [0.4, 0.5) is 17.2 Å². The summed E-state index contributed by atoms with van der Waals surface area (Å²) in [6, 6.07) is 18.1. The third-order valence-corrected chi connectivity index (χ3v) is 5.13. The van der Waals surface area contributed by atoms with Gasteiger partial charge < -0.3 is 15.1 Å². The van der Waals surface area contributed by atoms with Gasteiger partial charge in [0.05, 0.1) is 0 Å². The van der Waals surface area contributed by atoms with Crippen LogP contribution < -0.4 is 15.1 Å². The summed E-state index contributed by atoms with van der Waals surface area (Å²) in [5.41, 5.74) is 4.76. The van der Waals surface area contributed by atoms with Crippen molar-refractivity contribution >= 4 is 23.1 Å². The summed E-state index contributed by atoms with van der Waals surface area (Å²) >= 11 is 0. The number of anilines is 3. The standard InChI is InChI=1S/C23H25N5O/c1-17-5-3-7-19(13-17)26-23(29)21-15-22(25-16-24-21)28-11-9-27(10-12-28)20-8-4-6-18(2)14-20/h3-8,13-16H,9-12H2,1-2H3,(H,26,29). The molecule has 6 nitrogen and oxygen atoms in total. The van der Waals surface area contributed by atoms with Crippen molar-refractivity contribution in [2.24, 2.45) is 0 Å². The van der Waals surface area contributed by atoms with E-state index in [0.29, 0.717) is 5.69 Å². The van der Waals surface area contributed by atoms with E-state index in [0.717, 1.165) is 43.2 Å². The second kappa shape index (κ2) is 8.31. The van der Waals surface area contributed by atoms with E-state index in [9.17, 15) is 4.79 Å². The minimum atomic E-state index is -0.224. The number of benzene rings is 2. The van der Waals surface area contributed by atoms with E-state index in [2.05, 4.69) is 56.3 Å². The summed E-state index contributed by atoms with van der Waals surface area (Å²) in [5.74, 6) is 0.566. The van der Waals surface area contributed by atoms with Gasteiger partial charge in [-0.25, -0.2) is 9.97 Å². The molecule has 1 amide bonds. The molecule has 1 aliphatic heterocycles. The molecule has 4 rings (SSSR count). The largest absolute Gasteiger partial charge is 0.368 e. The van der Waals surface area contributed by atoms with Crippen LogP contribution in [-0.4, -0.2) is 42.1 Å². The van der Waals surface area contributed by atoms with Crippen LogP contribution >= 0.6 is 0 Å². The lowest BCUT2D eigenvalue weighted by Gasteiger charge is -2.36. The molecule has 0 spiro atoms. The zero-order valence-corrected chi connectivity index (χ0v) is 16.8. The van der Waals surface area contributed by atoms with Crippen molar-refractivity contribution in [3.05, 3.63) is 77.7 Å². The Kier molecular flexibility index (Phi) is 5.42. The molecule has 0 radical (unpaired) electrons. The van der Waals surface area contributed by atoms with Gasteiger partial charge in [-0.05, 0) is 49.2 Å². The number of rotatable bonds is 4. The van der Waals surface area contributed by atoms with Gasteiger partial charge in [-0.3, -0.25) is 4.79 Å². The van der Waals surface area contributed by atoms with Crippen molar-refractivity contribution < 1.29 is 4.79 Å². The summed E-state index contributed by atoms with van der Waals surface area (Å²) < 4.78 is 0. The molecule has 2 heterocycles.